The zero-order valence-electron chi connectivity index (χ0n) is 8.71. The summed E-state index contributed by atoms with van der Waals surface area (Å²) in [4.78, 5) is 11.4. The van der Waals surface area contributed by atoms with Crippen LogP contribution in [0.4, 0.5) is 0 Å². The molecule has 0 N–H and O–H groups in total. The molecule has 0 bridgehead atoms. The lowest BCUT2D eigenvalue weighted by Crippen LogP contribution is -2.17. The highest BCUT2D eigenvalue weighted by molar-refractivity contribution is 5.72. The number of ether oxygens (including phenoxy) is 1. The van der Waals surface area contributed by atoms with Gasteiger partial charge in [-0.3, -0.25) is 4.79 Å². The molecule has 0 aliphatic rings. The fourth-order valence-corrected chi connectivity index (χ4v) is 1.34. The number of hydrogen-bond donors (Lipinski definition) is 0. The summed E-state index contributed by atoms with van der Waals surface area (Å²) in [6.45, 7) is 8.02. The molecule has 0 fully saturated rings. The molecule has 2 heteroatoms. The van der Waals surface area contributed by atoms with Gasteiger partial charge in [-0.2, -0.15) is 0 Å². The minimum absolute atomic E-state index is 0.0661. The van der Waals surface area contributed by atoms with Crippen molar-refractivity contribution < 1.29 is 9.53 Å². The molecular formula is C11H20O2. The number of esters is 1. The molecule has 0 aliphatic heterocycles. The Morgan fingerprint density at radius 2 is 1.92 bits per heavy atom. The third kappa shape index (κ3) is 5.45. The normalized spacial score (nSPS) is 10.1. The number of hydrogen-bond acceptors (Lipinski definition) is 2. The third-order valence-corrected chi connectivity index (χ3v) is 1.95. The van der Waals surface area contributed by atoms with Crippen LogP contribution >= 0.6 is 0 Å². The highest BCUT2D eigenvalue weighted by Gasteiger charge is 2.17. The number of carbonyl (C=O) groups excluding carboxylic acids is 1. The Morgan fingerprint density at radius 3 is 2.31 bits per heavy atom. The summed E-state index contributed by atoms with van der Waals surface area (Å²) in [6.07, 6.45) is 5.54. The van der Waals surface area contributed by atoms with Gasteiger partial charge >= 0.3 is 5.97 Å². The summed E-state index contributed by atoms with van der Waals surface area (Å²) in [5.41, 5.74) is 0. The molecule has 0 aromatic heterocycles. The van der Waals surface area contributed by atoms with Crippen LogP contribution in [0.5, 0.6) is 0 Å². The van der Waals surface area contributed by atoms with E-state index in [-0.39, 0.29) is 11.9 Å². The van der Waals surface area contributed by atoms with E-state index in [0.717, 1.165) is 25.7 Å². The van der Waals surface area contributed by atoms with Crippen LogP contribution < -0.4 is 0 Å². The fraction of sp³-hybridized carbons (Fsp3) is 0.727. The Labute approximate surface area is 81.0 Å². The van der Waals surface area contributed by atoms with Gasteiger partial charge in [-0.05, 0) is 12.8 Å². The molecular weight excluding hydrogens is 164 g/mol. The van der Waals surface area contributed by atoms with Crippen molar-refractivity contribution >= 4 is 5.97 Å². The Balaban J connectivity index is 3.86. The second-order valence-corrected chi connectivity index (χ2v) is 3.19. The minimum Gasteiger partial charge on any atom is -0.461 e. The fourth-order valence-electron chi connectivity index (χ4n) is 1.34. The van der Waals surface area contributed by atoms with Crippen molar-refractivity contribution in [1.29, 1.82) is 0 Å². The van der Waals surface area contributed by atoms with Crippen LogP contribution in [0.2, 0.25) is 0 Å². The van der Waals surface area contributed by atoms with E-state index in [1.54, 1.807) is 6.08 Å². The number of carbonyl (C=O) groups is 1. The van der Waals surface area contributed by atoms with Gasteiger partial charge < -0.3 is 4.74 Å². The molecule has 0 aromatic carbocycles. The molecule has 0 saturated carbocycles. The van der Waals surface area contributed by atoms with Crippen molar-refractivity contribution in [1.82, 2.24) is 0 Å². The molecule has 0 saturated heterocycles. The van der Waals surface area contributed by atoms with Crippen molar-refractivity contribution in [3.8, 4) is 0 Å². The third-order valence-electron chi connectivity index (χ3n) is 1.95. The minimum atomic E-state index is -0.0661. The van der Waals surface area contributed by atoms with Gasteiger partial charge in [-0.15, -0.1) is 0 Å². The molecule has 0 unspecified atom stereocenters. The van der Waals surface area contributed by atoms with Crippen molar-refractivity contribution in [2.45, 2.75) is 39.5 Å². The predicted molar refractivity (Wildman–Crippen MR) is 54.5 cm³/mol. The topological polar surface area (TPSA) is 26.3 Å². The SMILES string of the molecule is C=CCOC(=O)C(CCC)CCC. The molecule has 0 radical (unpaired) electrons. The maximum atomic E-state index is 11.4. The van der Waals surface area contributed by atoms with Crippen LogP contribution in [0.15, 0.2) is 12.7 Å². The van der Waals surface area contributed by atoms with Crippen molar-refractivity contribution in [3.63, 3.8) is 0 Å². The van der Waals surface area contributed by atoms with E-state index in [2.05, 4.69) is 20.4 Å². The van der Waals surface area contributed by atoms with Crippen LogP contribution in [0.1, 0.15) is 39.5 Å². The molecule has 0 atom stereocenters. The molecule has 2 nitrogen and oxygen atoms in total. The molecule has 0 amide bonds. The molecule has 13 heavy (non-hydrogen) atoms. The second-order valence-electron chi connectivity index (χ2n) is 3.19. The molecule has 0 aliphatic carbocycles. The Morgan fingerprint density at radius 1 is 1.38 bits per heavy atom. The van der Waals surface area contributed by atoms with Crippen LogP contribution in [-0.4, -0.2) is 12.6 Å². The molecule has 0 rings (SSSR count). The van der Waals surface area contributed by atoms with Crippen LogP contribution in [0.25, 0.3) is 0 Å². The Kier molecular flexibility index (Phi) is 7.36. The smallest absolute Gasteiger partial charge is 0.309 e. The lowest BCUT2D eigenvalue weighted by atomic mass is 9.99. The quantitative estimate of drug-likeness (QED) is 0.449. The largest absolute Gasteiger partial charge is 0.461 e. The van der Waals surface area contributed by atoms with E-state index in [4.69, 9.17) is 4.74 Å². The van der Waals surface area contributed by atoms with Gasteiger partial charge in [0.1, 0.15) is 6.61 Å². The van der Waals surface area contributed by atoms with E-state index in [0.29, 0.717) is 6.61 Å². The lowest BCUT2D eigenvalue weighted by Gasteiger charge is -2.13. The molecule has 0 heterocycles. The van der Waals surface area contributed by atoms with Crippen molar-refractivity contribution in [2.24, 2.45) is 5.92 Å². The standard InChI is InChI=1S/C11H20O2/c1-4-7-10(8-5-2)11(12)13-9-6-3/h6,10H,3-5,7-9H2,1-2H3. The van der Waals surface area contributed by atoms with Gasteiger partial charge in [0, 0.05) is 0 Å². The number of rotatable bonds is 7. The first-order valence-electron chi connectivity index (χ1n) is 5.03. The summed E-state index contributed by atoms with van der Waals surface area (Å²) in [6, 6.07) is 0. The summed E-state index contributed by atoms with van der Waals surface area (Å²) in [7, 11) is 0. The maximum Gasteiger partial charge on any atom is 0.309 e. The zero-order valence-corrected chi connectivity index (χ0v) is 8.71. The van der Waals surface area contributed by atoms with Crippen molar-refractivity contribution in [2.75, 3.05) is 6.61 Å². The maximum absolute atomic E-state index is 11.4. The van der Waals surface area contributed by atoms with Crippen molar-refractivity contribution in [3.05, 3.63) is 12.7 Å². The van der Waals surface area contributed by atoms with Crippen LogP contribution in [0, 0.1) is 5.92 Å². The van der Waals surface area contributed by atoms with Crippen LogP contribution in [0.3, 0.4) is 0 Å². The van der Waals surface area contributed by atoms with E-state index >= 15 is 0 Å². The Hall–Kier alpha value is -0.790. The summed E-state index contributed by atoms with van der Waals surface area (Å²) in [5.74, 6) is 0.0264. The van der Waals surface area contributed by atoms with Gasteiger partial charge in [-0.25, -0.2) is 0 Å². The first kappa shape index (κ1) is 12.2. The predicted octanol–water partition coefficient (Wildman–Crippen LogP) is 2.93. The average Bonchev–Trinajstić information content (AvgIpc) is 2.14. The van der Waals surface area contributed by atoms with Gasteiger partial charge in [-0.1, -0.05) is 39.3 Å². The highest BCUT2D eigenvalue weighted by Crippen LogP contribution is 2.14. The van der Waals surface area contributed by atoms with E-state index in [1.165, 1.54) is 0 Å². The first-order valence-corrected chi connectivity index (χ1v) is 5.03. The summed E-state index contributed by atoms with van der Waals surface area (Å²) in [5, 5.41) is 0. The lowest BCUT2D eigenvalue weighted by molar-refractivity contribution is -0.147. The first-order chi connectivity index (χ1) is 6.26. The molecule has 0 spiro atoms. The second kappa shape index (κ2) is 7.84. The highest BCUT2D eigenvalue weighted by atomic mass is 16.5. The van der Waals surface area contributed by atoms with Gasteiger partial charge in [0.05, 0.1) is 5.92 Å². The monoisotopic (exact) mass is 184 g/mol. The Bertz CT molecular complexity index is 146. The van der Waals surface area contributed by atoms with E-state index in [9.17, 15) is 4.79 Å². The van der Waals surface area contributed by atoms with E-state index in [1.807, 2.05) is 0 Å². The average molecular weight is 184 g/mol. The van der Waals surface area contributed by atoms with Gasteiger partial charge in [0.2, 0.25) is 0 Å². The summed E-state index contributed by atoms with van der Waals surface area (Å²) >= 11 is 0. The molecule has 0 aromatic rings. The zero-order chi connectivity index (χ0) is 10.1. The molecule has 76 valence electrons. The summed E-state index contributed by atoms with van der Waals surface area (Å²) < 4.78 is 5.00. The van der Waals surface area contributed by atoms with Gasteiger partial charge in [0.25, 0.3) is 0 Å². The van der Waals surface area contributed by atoms with Crippen LogP contribution in [-0.2, 0) is 9.53 Å². The van der Waals surface area contributed by atoms with Gasteiger partial charge in [0.15, 0.2) is 0 Å². The van der Waals surface area contributed by atoms with E-state index < -0.39 is 0 Å².